The van der Waals surface area contributed by atoms with Crippen molar-refractivity contribution in [2.75, 3.05) is 6.54 Å². The molecule has 12 heteroatoms. The van der Waals surface area contributed by atoms with Gasteiger partial charge in [0.2, 0.25) is 5.91 Å². The summed E-state index contributed by atoms with van der Waals surface area (Å²) in [7, 11) is 0. The number of amides is 4. The second-order valence-electron chi connectivity index (χ2n) is 7.24. The molecule has 0 radical (unpaired) electrons. The third kappa shape index (κ3) is 6.92. The summed E-state index contributed by atoms with van der Waals surface area (Å²) in [5.74, 6) is -3.43. The molecule has 168 valence electrons. The number of para-hydroxylation sites is 2. The number of carbonyl (C=O) groups excluding carboxylic acids is 4. The lowest BCUT2D eigenvalue weighted by Crippen LogP contribution is -2.56. The molecule has 0 aliphatic heterocycles. The molecule has 0 fully saturated rings. The molecule has 10 nitrogen and oxygen atoms in total. The minimum atomic E-state index is -2.43. The zero-order chi connectivity index (χ0) is 23.1. The zero-order valence-electron chi connectivity index (χ0n) is 17.0. The summed E-state index contributed by atoms with van der Waals surface area (Å²) in [6.07, 6.45) is -0.106. The number of benzene rings is 1. The number of fused-ring (bicyclic) bond motifs is 1. The van der Waals surface area contributed by atoms with Crippen molar-refractivity contribution in [3.05, 3.63) is 30.1 Å². The van der Waals surface area contributed by atoms with Gasteiger partial charge < -0.3 is 16.0 Å². The van der Waals surface area contributed by atoms with Crippen LogP contribution >= 0.6 is 11.6 Å². The van der Waals surface area contributed by atoms with Crippen molar-refractivity contribution in [1.29, 1.82) is 0 Å². The Morgan fingerprint density at radius 2 is 1.94 bits per heavy atom. The van der Waals surface area contributed by atoms with E-state index in [0.29, 0.717) is 16.0 Å². The molecular formula is C19H24ClFN6O4. The van der Waals surface area contributed by atoms with Crippen LogP contribution in [0.2, 0.25) is 0 Å². The van der Waals surface area contributed by atoms with Gasteiger partial charge in [-0.05, 0) is 24.5 Å². The molecule has 0 spiro atoms. The molecule has 0 saturated carbocycles. The largest absolute Gasteiger partial charge is 0.370 e. The Labute approximate surface area is 182 Å². The summed E-state index contributed by atoms with van der Waals surface area (Å²) in [5.41, 5.74) is 6.06. The Hall–Kier alpha value is -3.21. The van der Waals surface area contributed by atoms with E-state index in [0.717, 1.165) is 0 Å². The highest BCUT2D eigenvalue weighted by Crippen LogP contribution is 2.12. The average Bonchev–Trinajstić information content (AvgIpc) is 3.13. The predicted molar refractivity (Wildman–Crippen MR) is 111 cm³/mol. The second kappa shape index (κ2) is 10.7. The lowest BCUT2D eigenvalue weighted by molar-refractivity contribution is -0.144. The SMILES string of the molecule is CC(C)C[C@H](NC(=O)c1nc2ccccc2[nH]1)C(=O)NN(CCC(N)=O)C(=O)[C@H](F)Cl. The maximum Gasteiger partial charge on any atom is 0.291 e. The number of H-pyrrole nitrogens is 1. The van der Waals surface area contributed by atoms with Crippen molar-refractivity contribution in [1.82, 2.24) is 25.7 Å². The van der Waals surface area contributed by atoms with Gasteiger partial charge in [-0.25, -0.2) is 14.4 Å². The van der Waals surface area contributed by atoms with Gasteiger partial charge in [0.25, 0.3) is 23.4 Å². The van der Waals surface area contributed by atoms with Crippen LogP contribution in [0.5, 0.6) is 0 Å². The molecule has 0 aliphatic rings. The fraction of sp³-hybridized carbons (Fsp3) is 0.421. The molecule has 0 bridgehead atoms. The number of alkyl halides is 2. The van der Waals surface area contributed by atoms with Gasteiger partial charge >= 0.3 is 0 Å². The van der Waals surface area contributed by atoms with Crippen molar-refractivity contribution in [2.45, 2.75) is 38.4 Å². The van der Waals surface area contributed by atoms with E-state index >= 15 is 0 Å². The number of nitrogens with one attached hydrogen (secondary N) is 3. The van der Waals surface area contributed by atoms with Crippen LogP contribution in [0.15, 0.2) is 24.3 Å². The van der Waals surface area contributed by atoms with Gasteiger partial charge in [-0.3, -0.25) is 24.6 Å². The van der Waals surface area contributed by atoms with Crippen LogP contribution in [0, 0.1) is 5.92 Å². The van der Waals surface area contributed by atoms with Crippen molar-refractivity contribution >= 4 is 46.3 Å². The lowest BCUT2D eigenvalue weighted by Gasteiger charge is -2.26. The molecule has 1 aromatic heterocycles. The molecular weight excluding hydrogens is 431 g/mol. The molecule has 0 aliphatic carbocycles. The molecule has 2 aromatic rings. The smallest absolute Gasteiger partial charge is 0.291 e. The highest BCUT2D eigenvalue weighted by atomic mass is 35.5. The lowest BCUT2D eigenvalue weighted by atomic mass is 10.0. The Balaban J connectivity index is 2.16. The summed E-state index contributed by atoms with van der Waals surface area (Å²) < 4.78 is 13.3. The topological polar surface area (TPSA) is 150 Å². The van der Waals surface area contributed by atoms with Crippen molar-refractivity contribution in [3.8, 4) is 0 Å². The zero-order valence-corrected chi connectivity index (χ0v) is 17.8. The number of aromatic nitrogens is 2. The quantitative estimate of drug-likeness (QED) is 0.329. The van der Waals surface area contributed by atoms with Gasteiger partial charge in [-0.1, -0.05) is 37.6 Å². The van der Waals surface area contributed by atoms with Gasteiger partial charge in [0.15, 0.2) is 5.82 Å². The fourth-order valence-electron chi connectivity index (χ4n) is 2.76. The molecule has 31 heavy (non-hydrogen) atoms. The fourth-order valence-corrected chi connectivity index (χ4v) is 2.88. The van der Waals surface area contributed by atoms with Crippen LogP contribution in [0.1, 0.15) is 37.3 Å². The number of imidazole rings is 1. The number of primary amides is 1. The monoisotopic (exact) mass is 454 g/mol. The van der Waals surface area contributed by atoms with Crippen molar-refractivity contribution < 1.29 is 23.6 Å². The average molecular weight is 455 g/mol. The van der Waals surface area contributed by atoms with Crippen LogP contribution in [-0.2, 0) is 14.4 Å². The Morgan fingerprint density at radius 1 is 1.26 bits per heavy atom. The van der Waals surface area contributed by atoms with Crippen LogP contribution in [0.25, 0.3) is 11.0 Å². The van der Waals surface area contributed by atoms with Crippen LogP contribution in [0.3, 0.4) is 0 Å². The standard InChI is InChI=1S/C19H24ClFN6O4/c1-10(2)9-13(17(29)26-27(8-7-14(22)28)19(31)15(20)21)25-18(30)16-23-11-5-3-4-6-12(11)24-16/h3-6,10,13,15H,7-9H2,1-2H3,(H2,22,28)(H,23,24)(H,25,30)(H,26,29)/t13-,15-/m0/s1. The highest BCUT2D eigenvalue weighted by molar-refractivity contribution is 6.29. The Kier molecular flexibility index (Phi) is 8.31. The van der Waals surface area contributed by atoms with Gasteiger partial charge in [-0.2, -0.15) is 0 Å². The van der Waals surface area contributed by atoms with Crippen molar-refractivity contribution in [2.24, 2.45) is 11.7 Å². The first-order valence-corrected chi connectivity index (χ1v) is 9.96. The summed E-state index contributed by atoms with van der Waals surface area (Å²) >= 11 is 5.18. The van der Waals surface area contributed by atoms with Crippen LogP contribution in [-0.4, -0.2) is 56.8 Å². The minimum absolute atomic E-state index is 0.00833. The summed E-state index contributed by atoms with van der Waals surface area (Å²) in [6, 6.07) is 5.95. The number of halogens is 2. The summed E-state index contributed by atoms with van der Waals surface area (Å²) in [4.78, 5) is 55.4. The van der Waals surface area contributed by atoms with Gasteiger partial charge in [0.05, 0.1) is 17.6 Å². The van der Waals surface area contributed by atoms with E-state index in [1.807, 2.05) is 13.8 Å². The molecule has 2 atom stereocenters. The predicted octanol–water partition coefficient (Wildman–Crippen LogP) is 0.977. The van der Waals surface area contributed by atoms with E-state index in [2.05, 4.69) is 20.7 Å². The highest BCUT2D eigenvalue weighted by Gasteiger charge is 2.29. The van der Waals surface area contributed by atoms with E-state index in [1.54, 1.807) is 24.3 Å². The number of carbonyl (C=O) groups is 4. The Bertz CT molecular complexity index is 931. The van der Waals surface area contributed by atoms with Gasteiger partial charge in [-0.15, -0.1) is 0 Å². The molecule has 0 unspecified atom stereocenters. The molecule has 4 amide bonds. The number of aromatic amines is 1. The van der Waals surface area contributed by atoms with E-state index in [4.69, 9.17) is 17.3 Å². The van der Waals surface area contributed by atoms with E-state index in [1.165, 1.54) is 0 Å². The molecule has 5 N–H and O–H groups in total. The number of hydrazine groups is 1. The van der Waals surface area contributed by atoms with Crippen molar-refractivity contribution in [3.63, 3.8) is 0 Å². The first-order valence-electron chi connectivity index (χ1n) is 9.52. The molecule has 0 saturated heterocycles. The minimum Gasteiger partial charge on any atom is -0.370 e. The van der Waals surface area contributed by atoms with E-state index in [-0.39, 0.29) is 31.1 Å². The second-order valence-corrected chi connectivity index (χ2v) is 7.62. The normalized spacial score (nSPS) is 12.9. The number of hydrogen-bond donors (Lipinski definition) is 4. The third-order valence-corrected chi connectivity index (χ3v) is 4.40. The first kappa shape index (κ1) is 24.1. The Morgan fingerprint density at radius 3 is 2.52 bits per heavy atom. The summed E-state index contributed by atoms with van der Waals surface area (Å²) in [6.45, 7) is 3.29. The molecule has 1 aromatic carbocycles. The summed E-state index contributed by atoms with van der Waals surface area (Å²) in [5, 5.41) is 3.14. The van der Waals surface area contributed by atoms with Crippen LogP contribution < -0.4 is 16.5 Å². The number of hydrogen-bond acceptors (Lipinski definition) is 5. The maximum absolute atomic E-state index is 13.3. The maximum atomic E-state index is 13.3. The van der Waals surface area contributed by atoms with E-state index < -0.39 is 35.3 Å². The van der Waals surface area contributed by atoms with Crippen LogP contribution in [0.4, 0.5) is 4.39 Å². The van der Waals surface area contributed by atoms with Gasteiger partial charge in [0, 0.05) is 6.42 Å². The first-order chi connectivity index (χ1) is 14.6. The van der Waals surface area contributed by atoms with E-state index in [9.17, 15) is 23.6 Å². The number of nitrogens with zero attached hydrogens (tertiary/aromatic N) is 2. The number of nitrogens with two attached hydrogens (primary N) is 1. The third-order valence-electron chi connectivity index (χ3n) is 4.21. The molecule has 2 rings (SSSR count). The molecule has 1 heterocycles. The number of rotatable bonds is 9. The van der Waals surface area contributed by atoms with Gasteiger partial charge in [0.1, 0.15) is 6.04 Å².